The maximum absolute atomic E-state index is 14.1. The zero-order valence-electron chi connectivity index (χ0n) is 15.8. The SMILES string of the molecule is O=C1CCCC2=C1C(c1ccc(Cl)cc1)n1c(sc(=Cc3ccccc3F)c1=O)=N2. The first-order chi connectivity index (χ1) is 14.5. The van der Waals surface area contributed by atoms with E-state index >= 15 is 0 Å². The number of thiazole rings is 1. The van der Waals surface area contributed by atoms with E-state index < -0.39 is 11.9 Å². The number of carbonyl (C=O) groups excluding carboxylic acids is 1. The lowest BCUT2D eigenvalue weighted by atomic mass is 9.86. The lowest BCUT2D eigenvalue weighted by molar-refractivity contribution is -0.116. The molecule has 7 heteroatoms. The molecule has 1 atom stereocenters. The minimum atomic E-state index is -0.552. The lowest BCUT2D eigenvalue weighted by Gasteiger charge is -2.28. The number of allylic oxidation sites excluding steroid dienone is 2. The van der Waals surface area contributed by atoms with Crippen molar-refractivity contribution in [2.24, 2.45) is 4.99 Å². The van der Waals surface area contributed by atoms with Crippen molar-refractivity contribution in [2.75, 3.05) is 0 Å². The van der Waals surface area contributed by atoms with Crippen LogP contribution < -0.4 is 14.9 Å². The van der Waals surface area contributed by atoms with Gasteiger partial charge in [-0.05, 0) is 42.7 Å². The molecule has 2 aromatic carbocycles. The number of Topliss-reactive ketones (excluding diaryl/α,β-unsaturated/α-hetero) is 1. The van der Waals surface area contributed by atoms with Crippen molar-refractivity contribution in [1.29, 1.82) is 0 Å². The Hall–Kier alpha value is -2.83. The highest BCUT2D eigenvalue weighted by Crippen LogP contribution is 2.36. The Morgan fingerprint density at radius 3 is 2.63 bits per heavy atom. The summed E-state index contributed by atoms with van der Waals surface area (Å²) in [6.07, 6.45) is 3.44. The van der Waals surface area contributed by atoms with Gasteiger partial charge in [-0.15, -0.1) is 0 Å². The molecule has 0 N–H and O–H groups in total. The normalized spacial score (nSPS) is 18.8. The van der Waals surface area contributed by atoms with Gasteiger partial charge in [-0.25, -0.2) is 9.38 Å². The Labute approximate surface area is 180 Å². The summed E-state index contributed by atoms with van der Waals surface area (Å²) in [5.74, 6) is -0.379. The Balaban J connectivity index is 1.78. The van der Waals surface area contributed by atoms with Crippen LogP contribution in [0.25, 0.3) is 6.08 Å². The molecule has 30 heavy (non-hydrogen) atoms. The summed E-state index contributed by atoms with van der Waals surface area (Å²) in [6, 6.07) is 12.9. The van der Waals surface area contributed by atoms with Crippen molar-refractivity contribution in [3.8, 4) is 0 Å². The molecular formula is C23H16ClFN2O2S. The highest BCUT2D eigenvalue weighted by atomic mass is 35.5. The van der Waals surface area contributed by atoms with Crippen LogP contribution in [0.1, 0.15) is 36.4 Å². The second-order valence-corrected chi connectivity index (χ2v) is 8.74. The van der Waals surface area contributed by atoms with E-state index in [-0.39, 0.29) is 11.3 Å². The number of fused-ring (bicyclic) bond motifs is 1. The van der Waals surface area contributed by atoms with Gasteiger partial charge in [0, 0.05) is 22.6 Å². The van der Waals surface area contributed by atoms with Gasteiger partial charge in [0.1, 0.15) is 5.82 Å². The van der Waals surface area contributed by atoms with Gasteiger partial charge < -0.3 is 0 Å². The van der Waals surface area contributed by atoms with Crippen LogP contribution in [0.4, 0.5) is 4.39 Å². The van der Waals surface area contributed by atoms with E-state index in [0.717, 1.165) is 17.7 Å². The van der Waals surface area contributed by atoms with E-state index in [1.54, 1.807) is 41.0 Å². The summed E-state index contributed by atoms with van der Waals surface area (Å²) in [6.45, 7) is 0. The fourth-order valence-electron chi connectivity index (χ4n) is 4.00. The number of rotatable bonds is 2. The van der Waals surface area contributed by atoms with Crippen LogP contribution in [0.3, 0.4) is 0 Å². The van der Waals surface area contributed by atoms with Crippen molar-refractivity contribution >= 4 is 34.8 Å². The van der Waals surface area contributed by atoms with Gasteiger partial charge in [0.25, 0.3) is 5.56 Å². The Bertz CT molecular complexity index is 1390. The third kappa shape index (κ3) is 3.16. The number of carbonyl (C=O) groups is 1. The number of ketones is 1. The van der Waals surface area contributed by atoms with Gasteiger partial charge in [-0.3, -0.25) is 14.2 Å². The molecule has 0 spiro atoms. The maximum atomic E-state index is 14.1. The van der Waals surface area contributed by atoms with Crippen molar-refractivity contribution in [2.45, 2.75) is 25.3 Å². The third-order valence-electron chi connectivity index (χ3n) is 5.41. The predicted molar refractivity (Wildman–Crippen MR) is 115 cm³/mol. The van der Waals surface area contributed by atoms with E-state index in [1.165, 1.54) is 17.4 Å². The molecule has 1 unspecified atom stereocenters. The average Bonchev–Trinajstić information content (AvgIpc) is 3.04. The van der Waals surface area contributed by atoms with Crippen molar-refractivity contribution in [3.63, 3.8) is 0 Å². The molecule has 1 aromatic heterocycles. The van der Waals surface area contributed by atoms with Crippen LogP contribution in [0, 0.1) is 5.82 Å². The first-order valence-corrected chi connectivity index (χ1v) is 10.8. The molecule has 2 heterocycles. The van der Waals surface area contributed by atoms with E-state index in [2.05, 4.69) is 4.99 Å². The molecule has 0 amide bonds. The second-order valence-electron chi connectivity index (χ2n) is 7.29. The molecule has 0 fully saturated rings. The van der Waals surface area contributed by atoms with Gasteiger partial charge in [-0.1, -0.05) is 53.3 Å². The minimum absolute atomic E-state index is 0.0170. The van der Waals surface area contributed by atoms with Gasteiger partial charge in [-0.2, -0.15) is 0 Å². The predicted octanol–water partition coefficient (Wildman–Crippen LogP) is 3.76. The molecule has 0 saturated heterocycles. The molecular weight excluding hydrogens is 423 g/mol. The number of benzene rings is 2. The molecule has 150 valence electrons. The standard InChI is InChI=1S/C23H16ClFN2O2S/c24-15-10-8-13(9-11-15)21-20-17(6-3-7-18(20)28)26-23-27(21)22(29)19(30-23)12-14-4-1-2-5-16(14)25/h1-2,4-5,8-12,21H,3,6-7H2. The van der Waals surface area contributed by atoms with Crippen molar-refractivity contribution < 1.29 is 9.18 Å². The van der Waals surface area contributed by atoms with Crippen molar-refractivity contribution in [1.82, 2.24) is 4.57 Å². The summed E-state index contributed by atoms with van der Waals surface area (Å²) in [7, 11) is 0. The number of halogens is 2. The smallest absolute Gasteiger partial charge is 0.271 e. The number of hydrogen-bond acceptors (Lipinski definition) is 4. The fraction of sp³-hybridized carbons (Fsp3) is 0.174. The average molecular weight is 439 g/mol. The zero-order chi connectivity index (χ0) is 20.8. The molecule has 0 saturated carbocycles. The highest BCUT2D eigenvalue weighted by Gasteiger charge is 2.34. The first-order valence-electron chi connectivity index (χ1n) is 9.61. The molecule has 4 nitrogen and oxygen atoms in total. The molecule has 0 radical (unpaired) electrons. The minimum Gasteiger partial charge on any atom is -0.294 e. The fourth-order valence-corrected chi connectivity index (χ4v) is 5.14. The van der Waals surface area contributed by atoms with Gasteiger partial charge in [0.15, 0.2) is 10.6 Å². The van der Waals surface area contributed by atoms with E-state index in [4.69, 9.17) is 11.6 Å². The molecule has 1 aliphatic carbocycles. The molecule has 5 rings (SSSR count). The third-order valence-corrected chi connectivity index (χ3v) is 6.64. The summed E-state index contributed by atoms with van der Waals surface area (Å²) in [5.41, 5.74) is 2.17. The molecule has 3 aromatic rings. The summed E-state index contributed by atoms with van der Waals surface area (Å²) in [5, 5.41) is 0.579. The van der Waals surface area contributed by atoms with E-state index in [0.29, 0.717) is 38.3 Å². The Morgan fingerprint density at radius 2 is 1.87 bits per heavy atom. The zero-order valence-corrected chi connectivity index (χ0v) is 17.3. The topological polar surface area (TPSA) is 51.4 Å². The Morgan fingerprint density at radius 1 is 1.10 bits per heavy atom. The largest absolute Gasteiger partial charge is 0.294 e. The van der Waals surface area contributed by atoms with Crippen LogP contribution in [0.2, 0.25) is 5.02 Å². The number of nitrogens with zero attached hydrogens (tertiary/aromatic N) is 2. The van der Waals surface area contributed by atoms with Crippen LogP contribution in [-0.4, -0.2) is 10.4 Å². The van der Waals surface area contributed by atoms with E-state index in [9.17, 15) is 14.0 Å². The van der Waals surface area contributed by atoms with Gasteiger partial charge in [0.05, 0.1) is 16.3 Å². The summed E-state index contributed by atoms with van der Waals surface area (Å²) < 4.78 is 16.1. The second kappa shape index (κ2) is 7.45. The first kappa shape index (κ1) is 19.2. The summed E-state index contributed by atoms with van der Waals surface area (Å²) >= 11 is 7.27. The van der Waals surface area contributed by atoms with E-state index in [1.807, 2.05) is 12.1 Å². The molecule has 0 bridgehead atoms. The number of aromatic nitrogens is 1. The molecule has 2 aliphatic rings. The van der Waals surface area contributed by atoms with Crippen LogP contribution in [0.15, 0.2) is 69.6 Å². The Kier molecular flexibility index (Phi) is 4.76. The quantitative estimate of drug-likeness (QED) is 0.611. The van der Waals surface area contributed by atoms with Gasteiger partial charge in [0.2, 0.25) is 0 Å². The monoisotopic (exact) mass is 438 g/mol. The van der Waals surface area contributed by atoms with Crippen LogP contribution in [-0.2, 0) is 4.79 Å². The van der Waals surface area contributed by atoms with Crippen LogP contribution >= 0.6 is 22.9 Å². The lowest BCUT2D eigenvalue weighted by Crippen LogP contribution is -2.40. The maximum Gasteiger partial charge on any atom is 0.271 e. The van der Waals surface area contributed by atoms with Crippen LogP contribution in [0.5, 0.6) is 0 Å². The van der Waals surface area contributed by atoms with Crippen molar-refractivity contribution in [3.05, 3.63) is 101 Å². The van der Waals surface area contributed by atoms with Gasteiger partial charge >= 0.3 is 0 Å². The number of hydrogen-bond donors (Lipinski definition) is 0. The summed E-state index contributed by atoms with van der Waals surface area (Å²) in [4.78, 5) is 31.4. The highest BCUT2D eigenvalue weighted by molar-refractivity contribution is 7.07. The molecule has 1 aliphatic heterocycles.